The molecule has 0 spiro atoms. The number of halogens is 1. The van der Waals surface area contributed by atoms with Gasteiger partial charge in [0.05, 0.1) is 0 Å². The van der Waals surface area contributed by atoms with E-state index in [0.29, 0.717) is 25.7 Å². The molecule has 1 aliphatic carbocycles. The lowest BCUT2D eigenvalue weighted by Crippen LogP contribution is -2.48. The Morgan fingerprint density at radius 2 is 1.96 bits per heavy atom. The summed E-state index contributed by atoms with van der Waals surface area (Å²) in [5.41, 5.74) is 0.910. The number of amides is 2. The Hall–Kier alpha value is -1.62. The molecule has 1 saturated carbocycles. The molecule has 0 atom stereocenters. The van der Waals surface area contributed by atoms with Crippen molar-refractivity contribution in [3.8, 4) is 0 Å². The number of carbonyl (C=O) groups excluding carboxylic acids is 1. The zero-order chi connectivity index (χ0) is 17.0. The minimum absolute atomic E-state index is 0.0186. The molecule has 2 aliphatic rings. The van der Waals surface area contributed by atoms with Gasteiger partial charge in [0.1, 0.15) is 5.82 Å². The predicted octanol–water partition coefficient (Wildman–Crippen LogP) is 3.32. The molecule has 1 heterocycles. The zero-order valence-corrected chi connectivity index (χ0v) is 14.4. The monoisotopic (exact) mass is 334 g/mol. The van der Waals surface area contributed by atoms with Crippen LogP contribution >= 0.6 is 0 Å². The van der Waals surface area contributed by atoms with Crippen LogP contribution in [0.5, 0.6) is 0 Å². The Balaban J connectivity index is 1.63. The first-order valence-electron chi connectivity index (χ1n) is 8.92. The minimum Gasteiger partial charge on any atom is -0.381 e. The SMILES string of the molecule is CN(CC1CCC1)C(=O)NCC1(c2ccc(F)cc2)CCOCC1. The van der Waals surface area contributed by atoms with Gasteiger partial charge in [0, 0.05) is 38.8 Å². The van der Waals surface area contributed by atoms with Crippen molar-refractivity contribution in [3.63, 3.8) is 0 Å². The number of rotatable bonds is 5. The molecule has 1 aromatic carbocycles. The Morgan fingerprint density at radius 3 is 2.54 bits per heavy atom. The number of nitrogens with one attached hydrogen (secondary N) is 1. The molecule has 24 heavy (non-hydrogen) atoms. The lowest BCUT2D eigenvalue weighted by atomic mass is 9.74. The van der Waals surface area contributed by atoms with Crippen LogP contribution < -0.4 is 5.32 Å². The highest BCUT2D eigenvalue weighted by Crippen LogP contribution is 2.34. The Kier molecular flexibility index (Phi) is 5.39. The quantitative estimate of drug-likeness (QED) is 0.897. The van der Waals surface area contributed by atoms with Crippen molar-refractivity contribution in [3.05, 3.63) is 35.6 Å². The largest absolute Gasteiger partial charge is 0.381 e. The molecule has 1 aliphatic heterocycles. The lowest BCUT2D eigenvalue weighted by Gasteiger charge is -2.38. The summed E-state index contributed by atoms with van der Waals surface area (Å²) < 4.78 is 18.8. The van der Waals surface area contributed by atoms with E-state index in [0.717, 1.165) is 24.9 Å². The van der Waals surface area contributed by atoms with Gasteiger partial charge in [-0.25, -0.2) is 9.18 Å². The second kappa shape index (κ2) is 7.51. The second-order valence-electron chi connectivity index (χ2n) is 7.24. The van der Waals surface area contributed by atoms with Crippen LogP contribution in [0.3, 0.4) is 0 Å². The number of carbonyl (C=O) groups is 1. The third kappa shape index (κ3) is 3.89. The van der Waals surface area contributed by atoms with Crippen LogP contribution in [-0.4, -0.2) is 44.3 Å². The molecule has 0 unspecified atom stereocenters. The fourth-order valence-corrected chi connectivity index (χ4v) is 3.66. The molecule has 1 N–H and O–H groups in total. The van der Waals surface area contributed by atoms with E-state index in [1.807, 2.05) is 19.2 Å². The smallest absolute Gasteiger partial charge is 0.317 e. The molecule has 0 bridgehead atoms. The average Bonchev–Trinajstić information content (AvgIpc) is 2.57. The van der Waals surface area contributed by atoms with Crippen molar-refractivity contribution >= 4 is 6.03 Å². The maximum atomic E-state index is 13.3. The second-order valence-corrected chi connectivity index (χ2v) is 7.24. The third-order valence-corrected chi connectivity index (χ3v) is 5.59. The van der Waals surface area contributed by atoms with Gasteiger partial charge in [0.2, 0.25) is 0 Å². The number of benzene rings is 1. The van der Waals surface area contributed by atoms with Crippen LogP contribution in [0.1, 0.15) is 37.7 Å². The summed E-state index contributed by atoms with van der Waals surface area (Å²) in [7, 11) is 1.86. The van der Waals surface area contributed by atoms with E-state index in [1.54, 1.807) is 4.90 Å². The Morgan fingerprint density at radius 1 is 1.29 bits per heavy atom. The van der Waals surface area contributed by atoms with Crippen LogP contribution in [0.4, 0.5) is 9.18 Å². The molecule has 0 aromatic heterocycles. The number of ether oxygens (including phenoxy) is 1. The topological polar surface area (TPSA) is 41.6 Å². The van der Waals surface area contributed by atoms with Gasteiger partial charge in [0.25, 0.3) is 0 Å². The first-order valence-corrected chi connectivity index (χ1v) is 8.92. The van der Waals surface area contributed by atoms with E-state index in [-0.39, 0.29) is 17.3 Å². The van der Waals surface area contributed by atoms with Crippen LogP contribution in [0.15, 0.2) is 24.3 Å². The summed E-state index contributed by atoms with van der Waals surface area (Å²) in [6, 6.07) is 6.65. The molecule has 132 valence electrons. The number of hydrogen-bond donors (Lipinski definition) is 1. The first kappa shape index (κ1) is 17.2. The molecule has 2 fully saturated rings. The van der Waals surface area contributed by atoms with Gasteiger partial charge >= 0.3 is 6.03 Å². The van der Waals surface area contributed by atoms with E-state index >= 15 is 0 Å². The highest BCUT2D eigenvalue weighted by molar-refractivity contribution is 5.74. The van der Waals surface area contributed by atoms with Gasteiger partial charge < -0.3 is 15.0 Å². The van der Waals surface area contributed by atoms with E-state index in [9.17, 15) is 9.18 Å². The van der Waals surface area contributed by atoms with Gasteiger partial charge in [-0.1, -0.05) is 18.6 Å². The van der Waals surface area contributed by atoms with Gasteiger partial charge in [-0.05, 0) is 49.3 Å². The van der Waals surface area contributed by atoms with E-state index in [4.69, 9.17) is 4.74 Å². The van der Waals surface area contributed by atoms with Gasteiger partial charge in [-0.2, -0.15) is 0 Å². The lowest BCUT2D eigenvalue weighted by molar-refractivity contribution is 0.0501. The minimum atomic E-state index is -0.231. The average molecular weight is 334 g/mol. The van der Waals surface area contributed by atoms with Crippen LogP contribution in [0.2, 0.25) is 0 Å². The standard InChI is InChI=1S/C19H27FN2O2/c1-22(13-15-3-2-4-15)18(23)21-14-19(9-11-24-12-10-19)16-5-7-17(20)8-6-16/h5-8,15H,2-4,9-14H2,1H3,(H,21,23). The number of urea groups is 1. The Bertz CT molecular complexity index is 551. The molecular weight excluding hydrogens is 307 g/mol. The Labute approximate surface area is 143 Å². The summed E-state index contributed by atoms with van der Waals surface area (Å²) in [6.45, 7) is 2.74. The van der Waals surface area contributed by atoms with Crippen molar-refractivity contribution in [1.29, 1.82) is 0 Å². The van der Waals surface area contributed by atoms with Crippen molar-refractivity contribution < 1.29 is 13.9 Å². The molecule has 5 heteroatoms. The van der Waals surface area contributed by atoms with Crippen LogP contribution in [0, 0.1) is 11.7 Å². The predicted molar refractivity (Wildman–Crippen MR) is 91.5 cm³/mol. The van der Waals surface area contributed by atoms with Crippen LogP contribution in [0.25, 0.3) is 0 Å². The fourth-order valence-electron chi connectivity index (χ4n) is 3.66. The molecule has 4 nitrogen and oxygen atoms in total. The van der Waals surface area contributed by atoms with Crippen molar-refractivity contribution in [2.75, 3.05) is 33.4 Å². The van der Waals surface area contributed by atoms with Gasteiger partial charge in [0.15, 0.2) is 0 Å². The number of hydrogen-bond acceptors (Lipinski definition) is 2. The fraction of sp³-hybridized carbons (Fsp3) is 0.632. The van der Waals surface area contributed by atoms with Gasteiger partial charge in [-0.15, -0.1) is 0 Å². The molecule has 0 radical (unpaired) electrons. The van der Waals surface area contributed by atoms with Crippen LogP contribution in [-0.2, 0) is 10.2 Å². The van der Waals surface area contributed by atoms with Crippen molar-refractivity contribution in [2.45, 2.75) is 37.5 Å². The molecule has 1 aromatic rings. The molecule has 1 saturated heterocycles. The summed E-state index contributed by atoms with van der Waals surface area (Å²) in [5, 5.41) is 3.10. The summed E-state index contributed by atoms with van der Waals surface area (Å²) in [4.78, 5) is 14.2. The van der Waals surface area contributed by atoms with E-state index < -0.39 is 0 Å². The highest BCUT2D eigenvalue weighted by atomic mass is 19.1. The summed E-state index contributed by atoms with van der Waals surface area (Å²) in [5.74, 6) is 0.431. The van der Waals surface area contributed by atoms with E-state index in [2.05, 4.69) is 5.32 Å². The molecule has 2 amide bonds. The maximum absolute atomic E-state index is 13.3. The zero-order valence-electron chi connectivity index (χ0n) is 14.4. The molecular formula is C19H27FN2O2. The third-order valence-electron chi connectivity index (χ3n) is 5.59. The van der Waals surface area contributed by atoms with Gasteiger partial charge in [-0.3, -0.25) is 0 Å². The molecule has 3 rings (SSSR count). The maximum Gasteiger partial charge on any atom is 0.317 e. The van der Waals surface area contributed by atoms with Crippen molar-refractivity contribution in [1.82, 2.24) is 10.2 Å². The van der Waals surface area contributed by atoms with Crippen molar-refractivity contribution in [2.24, 2.45) is 5.92 Å². The normalized spacial score (nSPS) is 20.2. The summed E-state index contributed by atoms with van der Waals surface area (Å²) >= 11 is 0. The van der Waals surface area contributed by atoms with E-state index in [1.165, 1.54) is 31.4 Å². The first-order chi connectivity index (χ1) is 11.6. The highest BCUT2D eigenvalue weighted by Gasteiger charge is 2.35. The number of nitrogens with zero attached hydrogens (tertiary/aromatic N) is 1. The summed E-state index contributed by atoms with van der Waals surface area (Å²) in [6.07, 6.45) is 5.42.